The first-order chi connectivity index (χ1) is 16.3. The number of carbonyl (C=O) groups is 2. The van der Waals surface area contributed by atoms with E-state index in [1.54, 1.807) is 20.8 Å². The summed E-state index contributed by atoms with van der Waals surface area (Å²) in [5, 5.41) is 6.08. The Labute approximate surface area is 202 Å². The number of ether oxygens (including phenoxy) is 1. The van der Waals surface area contributed by atoms with Crippen LogP contribution in [0.4, 0.5) is 14.9 Å². The Kier molecular flexibility index (Phi) is 8.37. The molecular weight excluding hydrogens is 476 g/mol. The minimum atomic E-state index is -3.62. The van der Waals surface area contributed by atoms with E-state index in [0.717, 1.165) is 16.9 Å². The van der Waals surface area contributed by atoms with E-state index in [1.807, 2.05) is 30.3 Å². The first-order valence-corrected chi connectivity index (χ1v) is 13.0. The molecule has 0 aliphatic carbocycles. The van der Waals surface area contributed by atoms with E-state index in [2.05, 4.69) is 15.6 Å². The molecule has 34 heavy (non-hydrogen) atoms. The zero-order valence-electron chi connectivity index (χ0n) is 19.1. The maximum Gasteiger partial charge on any atom is 0.413 e. The highest BCUT2D eigenvalue weighted by molar-refractivity contribution is 7.89. The van der Waals surface area contributed by atoms with Crippen LogP contribution in [0.3, 0.4) is 0 Å². The Morgan fingerprint density at radius 2 is 1.62 bits per heavy atom. The molecule has 0 saturated heterocycles. The van der Waals surface area contributed by atoms with Gasteiger partial charge in [0.1, 0.15) is 10.7 Å². The predicted molar refractivity (Wildman–Crippen MR) is 133 cm³/mol. The Bertz CT molecular complexity index is 1240. The summed E-state index contributed by atoms with van der Waals surface area (Å²) in [7, 11) is -3.62. The van der Waals surface area contributed by atoms with Crippen molar-refractivity contribution in [2.75, 3.05) is 30.3 Å². The van der Waals surface area contributed by atoms with Crippen LogP contribution in [-0.4, -0.2) is 49.4 Å². The molecule has 1 aromatic heterocycles. The molecule has 0 bridgehead atoms. The van der Waals surface area contributed by atoms with Gasteiger partial charge >= 0.3 is 6.09 Å². The molecule has 180 valence electrons. The molecule has 1 heterocycles. The summed E-state index contributed by atoms with van der Waals surface area (Å²) in [6.07, 6.45) is -0.640. The van der Waals surface area contributed by atoms with Gasteiger partial charge in [-0.1, -0.05) is 55.5 Å². The molecule has 0 saturated carbocycles. The van der Waals surface area contributed by atoms with Crippen molar-refractivity contribution in [1.82, 2.24) is 9.29 Å². The molecule has 2 aromatic carbocycles. The Hall–Kier alpha value is -3.28. The molecule has 11 heteroatoms. The summed E-state index contributed by atoms with van der Waals surface area (Å²) in [4.78, 5) is 29.3. The number of anilines is 2. The quantitative estimate of drug-likeness (QED) is 0.439. The second kappa shape index (κ2) is 11.2. The average Bonchev–Trinajstić information content (AvgIpc) is 3.22. The lowest BCUT2D eigenvalue weighted by atomic mass is 10.1. The number of nitrogens with one attached hydrogen (secondary N) is 2. The predicted octanol–water partition coefficient (Wildman–Crippen LogP) is 4.66. The number of rotatable bonds is 9. The molecule has 0 spiro atoms. The number of nitrogens with zero attached hydrogens (tertiary/aromatic N) is 2. The summed E-state index contributed by atoms with van der Waals surface area (Å²) in [5.41, 5.74) is 1.53. The smallest absolute Gasteiger partial charge is 0.413 e. The molecule has 3 rings (SSSR count). The van der Waals surface area contributed by atoms with Gasteiger partial charge in [0, 0.05) is 24.2 Å². The first-order valence-electron chi connectivity index (χ1n) is 10.7. The third-order valence-corrected chi connectivity index (χ3v) is 7.80. The fourth-order valence-electron chi connectivity index (χ4n) is 3.17. The van der Waals surface area contributed by atoms with Crippen molar-refractivity contribution in [1.29, 1.82) is 0 Å². The number of hydrogen-bond acceptors (Lipinski definition) is 7. The van der Waals surface area contributed by atoms with E-state index in [4.69, 9.17) is 4.74 Å². The molecular formula is C23H26N4O5S2. The second-order valence-electron chi connectivity index (χ2n) is 6.98. The highest BCUT2D eigenvalue weighted by atomic mass is 32.2. The van der Waals surface area contributed by atoms with Crippen LogP contribution in [0, 0.1) is 0 Å². The molecule has 0 aliphatic rings. The summed E-state index contributed by atoms with van der Waals surface area (Å²) in [5.74, 6) is -0.435. The van der Waals surface area contributed by atoms with Crippen molar-refractivity contribution in [2.24, 2.45) is 0 Å². The third-order valence-electron chi connectivity index (χ3n) is 4.85. The van der Waals surface area contributed by atoms with E-state index < -0.39 is 22.0 Å². The number of aromatic nitrogens is 1. The first kappa shape index (κ1) is 25.3. The van der Waals surface area contributed by atoms with Crippen molar-refractivity contribution in [2.45, 2.75) is 25.7 Å². The minimum Gasteiger partial charge on any atom is -0.450 e. The zero-order chi connectivity index (χ0) is 24.7. The fraction of sp³-hybridized carbons (Fsp3) is 0.261. The van der Waals surface area contributed by atoms with E-state index in [0.29, 0.717) is 23.8 Å². The van der Waals surface area contributed by atoms with Crippen molar-refractivity contribution in [3.05, 3.63) is 60.2 Å². The van der Waals surface area contributed by atoms with Crippen LogP contribution in [0.5, 0.6) is 0 Å². The van der Waals surface area contributed by atoms with Crippen LogP contribution in [-0.2, 0) is 14.8 Å². The SMILES string of the molecule is CCOC(=O)Nc1nc(-c2ccccc2)c(NC(=O)c2ccc(S(=O)(=O)N(CC)CC)cc2)s1. The normalized spacial score (nSPS) is 11.3. The van der Waals surface area contributed by atoms with Gasteiger partial charge in [-0.15, -0.1) is 0 Å². The lowest BCUT2D eigenvalue weighted by Gasteiger charge is -2.18. The summed E-state index contributed by atoms with van der Waals surface area (Å²) in [6.45, 7) is 6.17. The molecule has 0 unspecified atom stereocenters. The molecule has 0 atom stereocenters. The molecule has 3 aromatic rings. The Morgan fingerprint density at radius 3 is 2.21 bits per heavy atom. The fourth-order valence-corrected chi connectivity index (χ4v) is 5.50. The van der Waals surface area contributed by atoms with E-state index in [9.17, 15) is 18.0 Å². The second-order valence-corrected chi connectivity index (χ2v) is 9.91. The highest BCUT2D eigenvalue weighted by Crippen LogP contribution is 2.36. The van der Waals surface area contributed by atoms with Crippen molar-refractivity contribution in [3.63, 3.8) is 0 Å². The van der Waals surface area contributed by atoms with Gasteiger partial charge in [0.2, 0.25) is 10.0 Å². The van der Waals surface area contributed by atoms with Crippen LogP contribution < -0.4 is 10.6 Å². The van der Waals surface area contributed by atoms with Crippen LogP contribution >= 0.6 is 11.3 Å². The molecule has 0 fully saturated rings. The van der Waals surface area contributed by atoms with Gasteiger partial charge in [-0.25, -0.2) is 18.2 Å². The molecule has 0 aliphatic heterocycles. The van der Waals surface area contributed by atoms with Gasteiger partial charge in [0.05, 0.1) is 11.5 Å². The number of carbonyl (C=O) groups excluding carboxylic acids is 2. The van der Waals surface area contributed by atoms with Crippen LogP contribution in [0.1, 0.15) is 31.1 Å². The van der Waals surface area contributed by atoms with Crippen molar-refractivity contribution in [3.8, 4) is 11.3 Å². The molecule has 2 amide bonds. The van der Waals surface area contributed by atoms with Crippen LogP contribution in [0.2, 0.25) is 0 Å². The van der Waals surface area contributed by atoms with Crippen LogP contribution in [0.15, 0.2) is 59.5 Å². The van der Waals surface area contributed by atoms with Crippen LogP contribution in [0.25, 0.3) is 11.3 Å². The van der Waals surface area contributed by atoms with Gasteiger partial charge in [0.15, 0.2) is 5.13 Å². The Morgan fingerprint density at radius 1 is 0.971 bits per heavy atom. The number of benzene rings is 2. The maximum absolute atomic E-state index is 12.9. The largest absolute Gasteiger partial charge is 0.450 e. The summed E-state index contributed by atoms with van der Waals surface area (Å²) in [6, 6.07) is 15.0. The van der Waals surface area contributed by atoms with E-state index >= 15 is 0 Å². The van der Waals surface area contributed by atoms with Gasteiger partial charge in [0.25, 0.3) is 5.91 Å². The number of sulfonamides is 1. The maximum atomic E-state index is 12.9. The lowest BCUT2D eigenvalue weighted by molar-refractivity contribution is 0.102. The average molecular weight is 503 g/mol. The number of amides is 2. The minimum absolute atomic E-state index is 0.122. The van der Waals surface area contributed by atoms with Gasteiger partial charge in [-0.3, -0.25) is 10.1 Å². The molecule has 9 nitrogen and oxygen atoms in total. The zero-order valence-corrected chi connectivity index (χ0v) is 20.7. The molecule has 2 N–H and O–H groups in total. The van der Waals surface area contributed by atoms with Gasteiger partial charge in [-0.2, -0.15) is 4.31 Å². The van der Waals surface area contributed by atoms with Gasteiger partial charge < -0.3 is 10.1 Å². The Balaban J connectivity index is 1.86. The van der Waals surface area contributed by atoms with Gasteiger partial charge in [-0.05, 0) is 31.2 Å². The summed E-state index contributed by atoms with van der Waals surface area (Å²) >= 11 is 1.09. The summed E-state index contributed by atoms with van der Waals surface area (Å²) < 4.78 is 31.6. The monoisotopic (exact) mass is 502 g/mol. The third kappa shape index (κ3) is 5.79. The number of hydrogen-bond donors (Lipinski definition) is 2. The van der Waals surface area contributed by atoms with E-state index in [1.165, 1.54) is 28.6 Å². The lowest BCUT2D eigenvalue weighted by Crippen LogP contribution is -2.30. The van der Waals surface area contributed by atoms with Crippen molar-refractivity contribution >= 4 is 43.5 Å². The van der Waals surface area contributed by atoms with E-state index in [-0.39, 0.29) is 22.2 Å². The topological polar surface area (TPSA) is 118 Å². The molecule has 0 radical (unpaired) electrons. The number of thiazole rings is 1. The van der Waals surface area contributed by atoms with Crippen molar-refractivity contribution < 1.29 is 22.7 Å². The standard InChI is InChI=1S/C23H26N4O5S2/c1-4-27(5-2)34(30,31)18-14-12-17(13-15-18)20(28)25-21-19(16-10-8-7-9-11-16)24-22(33-21)26-23(29)32-6-3/h7-15H,4-6H2,1-3H3,(H,25,28)(H,24,26,29). The highest BCUT2D eigenvalue weighted by Gasteiger charge is 2.22.